The van der Waals surface area contributed by atoms with Crippen LogP contribution in [0, 0.1) is 5.92 Å². The van der Waals surface area contributed by atoms with E-state index in [0.717, 1.165) is 35.1 Å². The maximum atomic E-state index is 12.8. The summed E-state index contributed by atoms with van der Waals surface area (Å²) in [5.41, 5.74) is 1.69. The quantitative estimate of drug-likeness (QED) is 0.506. The second-order valence-electron chi connectivity index (χ2n) is 6.77. The molecular formula is C21H21ClN2O2S. The molecule has 0 unspecified atom stereocenters. The normalized spacial score (nSPS) is 13.7. The van der Waals surface area contributed by atoms with Crippen LogP contribution in [0.25, 0.3) is 10.9 Å². The molecule has 0 bridgehead atoms. The Morgan fingerprint density at radius 3 is 2.85 bits per heavy atom. The standard InChI is InChI=1S/C21H21ClN2O2S/c1-2-26-17-7-8-19-15(11-17)10-16(20(22)23-19)12-24(21(25)14-5-6-14)13-18-4-3-9-27-18/h3-4,7-11,14H,2,5-6,12-13H2,1H3. The molecule has 0 N–H and O–H groups in total. The fourth-order valence-corrected chi connectivity index (χ4v) is 4.06. The predicted molar refractivity (Wildman–Crippen MR) is 109 cm³/mol. The van der Waals surface area contributed by atoms with Crippen molar-refractivity contribution >= 4 is 39.7 Å². The van der Waals surface area contributed by atoms with Crippen molar-refractivity contribution in [2.24, 2.45) is 5.92 Å². The van der Waals surface area contributed by atoms with Gasteiger partial charge in [-0.05, 0) is 55.5 Å². The molecule has 2 aromatic heterocycles. The van der Waals surface area contributed by atoms with E-state index in [0.29, 0.717) is 24.8 Å². The summed E-state index contributed by atoms with van der Waals surface area (Å²) < 4.78 is 5.59. The van der Waals surface area contributed by atoms with Gasteiger partial charge in [0.25, 0.3) is 0 Å². The molecule has 6 heteroatoms. The van der Waals surface area contributed by atoms with Crippen LogP contribution in [-0.2, 0) is 17.9 Å². The molecule has 1 aromatic carbocycles. The average Bonchev–Trinajstić information content (AvgIpc) is 3.38. The third kappa shape index (κ3) is 4.25. The number of hydrogen-bond acceptors (Lipinski definition) is 4. The zero-order valence-corrected chi connectivity index (χ0v) is 16.7. The number of carbonyl (C=O) groups excluding carboxylic acids is 1. The van der Waals surface area contributed by atoms with E-state index in [1.807, 2.05) is 47.5 Å². The number of carbonyl (C=O) groups is 1. The van der Waals surface area contributed by atoms with Crippen LogP contribution in [0.1, 0.15) is 30.2 Å². The highest BCUT2D eigenvalue weighted by Crippen LogP contribution is 2.33. The molecule has 140 valence electrons. The van der Waals surface area contributed by atoms with E-state index in [1.165, 1.54) is 4.88 Å². The van der Waals surface area contributed by atoms with Gasteiger partial charge in [-0.15, -0.1) is 11.3 Å². The lowest BCUT2D eigenvalue weighted by Gasteiger charge is -2.23. The molecule has 0 spiro atoms. The Kier molecular flexibility index (Phi) is 5.32. The number of benzene rings is 1. The molecule has 0 aliphatic heterocycles. The SMILES string of the molecule is CCOc1ccc2nc(Cl)c(CN(Cc3cccs3)C(=O)C3CC3)cc2c1. The average molecular weight is 401 g/mol. The third-order valence-electron chi connectivity index (χ3n) is 4.65. The fraction of sp³-hybridized carbons (Fsp3) is 0.333. The van der Waals surface area contributed by atoms with Crippen molar-refractivity contribution in [2.45, 2.75) is 32.9 Å². The number of rotatable bonds is 7. The van der Waals surface area contributed by atoms with E-state index in [2.05, 4.69) is 11.1 Å². The lowest BCUT2D eigenvalue weighted by molar-refractivity contribution is -0.133. The Bertz CT molecular complexity index is 954. The van der Waals surface area contributed by atoms with Gasteiger partial charge in [0.2, 0.25) is 5.91 Å². The summed E-state index contributed by atoms with van der Waals surface area (Å²) in [4.78, 5) is 20.4. The highest BCUT2D eigenvalue weighted by molar-refractivity contribution is 7.09. The molecule has 4 rings (SSSR count). The Balaban J connectivity index is 1.63. The molecule has 0 atom stereocenters. The largest absolute Gasteiger partial charge is 0.494 e. The summed E-state index contributed by atoms with van der Waals surface area (Å²) in [7, 11) is 0. The van der Waals surface area contributed by atoms with Crippen LogP contribution >= 0.6 is 22.9 Å². The first-order valence-electron chi connectivity index (χ1n) is 9.17. The number of pyridine rings is 1. The van der Waals surface area contributed by atoms with Gasteiger partial charge in [0, 0.05) is 28.3 Å². The predicted octanol–water partition coefficient (Wildman–Crippen LogP) is 5.29. The lowest BCUT2D eigenvalue weighted by Crippen LogP contribution is -2.31. The van der Waals surface area contributed by atoms with E-state index in [4.69, 9.17) is 16.3 Å². The van der Waals surface area contributed by atoms with Crippen LogP contribution in [0.15, 0.2) is 41.8 Å². The van der Waals surface area contributed by atoms with Gasteiger partial charge in [0.1, 0.15) is 10.9 Å². The van der Waals surface area contributed by atoms with E-state index >= 15 is 0 Å². The third-order valence-corrected chi connectivity index (χ3v) is 5.84. The molecule has 27 heavy (non-hydrogen) atoms. The highest BCUT2D eigenvalue weighted by Gasteiger charge is 2.33. The van der Waals surface area contributed by atoms with Gasteiger partial charge in [-0.2, -0.15) is 0 Å². The smallest absolute Gasteiger partial charge is 0.226 e. The van der Waals surface area contributed by atoms with Gasteiger partial charge in [0.15, 0.2) is 0 Å². The molecule has 0 radical (unpaired) electrons. The van der Waals surface area contributed by atoms with Gasteiger partial charge < -0.3 is 9.64 Å². The zero-order chi connectivity index (χ0) is 18.8. The highest BCUT2D eigenvalue weighted by atomic mass is 35.5. The minimum atomic E-state index is 0.168. The molecule has 0 saturated heterocycles. The molecular weight excluding hydrogens is 380 g/mol. The zero-order valence-electron chi connectivity index (χ0n) is 15.2. The molecule has 1 fully saturated rings. The summed E-state index contributed by atoms with van der Waals surface area (Å²) in [6.45, 7) is 3.65. The number of aromatic nitrogens is 1. The molecule has 1 aliphatic carbocycles. The summed E-state index contributed by atoms with van der Waals surface area (Å²) in [5, 5.41) is 3.45. The van der Waals surface area contributed by atoms with Crippen molar-refractivity contribution < 1.29 is 9.53 Å². The summed E-state index contributed by atoms with van der Waals surface area (Å²) in [5.74, 6) is 1.19. The van der Waals surface area contributed by atoms with Crippen molar-refractivity contribution in [1.82, 2.24) is 9.88 Å². The number of nitrogens with zero attached hydrogens (tertiary/aromatic N) is 2. The molecule has 1 saturated carbocycles. The Labute approximate surface area is 167 Å². The Morgan fingerprint density at radius 2 is 2.15 bits per heavy atom. The van der Waals surface area contributed by atoms with Crippen molar-refractivity contribution in [3.05, 3.63) is 57.4 Å². The Hall–Kier alpha value is -2.11. The second kappa shape index (κ2) is 7.87. The summed E-state index contributed by atoms with van der Waals surface area (Å²) in [6.07, 6.45) is 1.97. The first kappa shape index (κ1) is 18.3. The van der Waals surface area contributed by atoms with Crippen molar-refractivity contribution in [3.63, 3.8) is 0 Å². The van der Waals surface area contributed by atoms with Crippen LogP contribution in [0.2, 0.25) is 5.15 Å². The van der Waals surface area contributed by atoms with Crippen molar-refractivity contribution in [3.8, 4) is 5.75 Å². The molecule has 1 amide bonds. The summed E-state index contributed by atoms with van der Waals surface area (Å²) in [6, 6.07) is 11.9. The van der Waals surface area contributed by atoms with Crippen molar-refractivity contribution in [2.75, 3.05) is 6.61 Å². The first-order valence-corrected chi connectivity index (χ1v) is 10.4. The van der Waals surface area contributed by atoms with E-state index in [1.54, 1.807) is 11.3 Å². The number of hydrogen-bond donors (Lipinski definition) is 0. The van der Waals surface area contributed by atoms with Gasteiger partial charge in [0.05, 0.1) is 18.7 Å². The number of thiophene rings is 1. The fourth-order valence-electron chi connectivity index (χ4n) is 3.14. The van der Waals surface area contributed by atoms with E-state index < -0.39 is 0 Å². The van der Waals surface area contributed by atoms with Crippen molar-refractivity contribution in [1.29, 1.82) is 0 Å². The van der Waals surface area contributed by atoms with Crippen LogP contribution in [0.5, 0.6) is 5.75 Å². The first-order chi connectivity index (χ1) is 13.1. The van der Waals surface area contributed by atoms with E-state index in [9.17, 15) is 4.79 Å². The van der Waals surface area contributed by atoms with Gasteiger partial charge in [-0.3, -0.25) is 4.79 Å². The number of halogens is 1. The molecule has 1 aliphatic rings. The monoisotopic (exact) mass is 400 g/mol. The minimum Gasteiger partial charge on any atom is -0.494 e. The van der Waals surface area contributed by atoms with Crippen LogP contribution in [0.3, 0.4) is 0 Å². The number of ether oxygens (including phenoxy) is 1. The van der Waals surface area contributed by atoms with Gasteiger partial charge in [-0.25, -0.2) is 4.98 Å². The second-order valence-corrected chi connectivity index (χ2v) is 8.16. The van der Waals surface area contributed by atoms with Crippen LogP contribution < -0.4 is 4.74 Å². The van der Waals surface area contributed by atoms with E-state index in [-0.39, 0.29) is 11.8 Å². The topological polar surface area (TPSA) is 42.4 Å². The van der Waals surface area contributed by atoms with Crippen LogP contribution in [0.4, 0.5) is 0 Å². The number of fused-ring (bicyclic) bond motifs is 1. The lowest BCUT2D eigenvalue weighted by atomic mass is 10.1. The maximum Gasteiger partial charge on any atom is 0.226 e. The van der Waals surface area contributed by atoms with Crippen LogP contribution in [-0.4, -0.2) is 22.4 Å². The molecule has 3 aromatic rings. The Morgan fingerprint density at radius 1 is 1.30 bits per heavy atom. The summed E-state index contributed by atoms with van der Waals surface area (Å²) >= 11 is 8.12. The number of amides is 1. The minimum absolute atomic E-state index is 0.168. The van der Waals surface area contributed by atoms with Gasteiger partial charge in [-0.1, -0.05) is 17.7 Å². The molecule has 4 nitrogen and oxygen atoms in total. The maximum absolute atomic E-state index is 12.8. The molecule has 2 heterocycles. The van der Waals surface area contributed by atoms with Gasteiger partial charge >= 0.3 is 0 Å².